The van der Waals surface area contributed by atoms with Crippen molar-refractivity contribution in [1.82, 2.24) is 10.2 Å². The Balaban J connectivity index is 2.41. The molecule has 1 aliphatic heterocycles. The molecule has 0 bridgehead atoms. The molecule has 1 fully saturated rings. The lowest BCUT2D eigenvalue weighted by atomic mass is 10.0. The van der Waals surface area contributed by atoms with Crippen LogP contribution in [0.3, 0.4) is 0 Å². The van der Waals surface area contributed by atoms with Crippen LogP contribution in [0.25, 0.3) is 0 Å². The highest BCUT2D eigenvalue weighted by Gasteiger charge is 2.34. The monoisotopic (exact) mass is 304 g/mol. The summed E-state index contributed by atoms with van der Waals surface area (Å²) >= 11 is 0. The average Bonchev–Trinajstić information content (AvgIpc) is 2.41. The van der Waals surface area contributed by atoms with Crippen LogP contribution in [0, 0.1) is 5.92 Å². The molecule has 1 rings (SSSR count). The molecule has 122 valence electrons. The first-order chi connectivity index (χ1) is 9.82. The first-order valence-electron chi connectivity index (χ1n) is 7.72. The Bertz CT molecular complexity index is 361. The first kappa shape index (κ1) is 18.2. The van der Waals surface area contributed by atoms with Crippen molar-refractivity contribution in [1.29, 1.82) is 0 Å². The molecule has 2 unspecified atom stereocenters. The predicted octanol–water partition coefficient (Wildman–Crippen LogP) is 3.76. The van der Waals surface area contributed by atoms with E-state index in [-0.39, 0.29) is 0 Å². The molecule has 0 spiro atoms. The Morgan fingerprint density at radius 3 is 2.71 bits per heavy atom. The van der Waals surface area contributed by atoms with Crippen LogP contribution in [0.5, 0.6) is 0 Å². The van der Waals surface area contributed by atoms with Gasteiger partial charge in [0.25, 0.3) is 0 Å². The van der Waals surface area contributed by atoms with Gasteiger partial charge in [-0.1, -0.05) is 37.6 Å². The van der Waals surface area contributed by atoms with Crippen LogP contribution in [0.4, 0.5) is 13.2 Å². The highest BCUT2D eigenvalue weighted by molar-refractivity contribution is 5.19. The summed E-state index contributed by atoms with van der Waals surface area (Å²) in [4.78, 5) is 2.39. The van der Waals surface area contributed by atoms with Gasteiger partial charge in [-0.25, -0.2) is 0 Å². The quantitative estimate of drug-likeness (QED) is 0.752. The van der Waals surface area contributed by atoms with E-state index in [0.717, 1.165) is 38.2 Å². The second-order valence-corrected chi connectivity index (χ2v) is 5.77. The molecule has 0 aromatic heterocycles. The number of rotatable bonds is 6. The van der Waals surface area contributed by atoms with Crippen LogP contribution in [0.1, 0.15) is 33.6 Å². The van der Waals surface area contributed by atoms with Crippen molar-refractivity contribution in [2.45, 2.75) is 45.8 Å². The molecule has 0 radical (unpaired) electrons. The number of alkyl halides is 3. The molecular weight excluding hydrogens is 277 g/mol. The van der Waals surface area contributed by atoms with E-state index in [1.807, 2.05) is 19.1 Å². The third-order valence-electron chi connectivity index (χ3n) is 3.79. The number of halogens is 3. The lowest BCUT2D eigenvalue weighted by Gasteiger charge is -2.31. The Morgan fingerprint density at radius 1 is 1.43 bits per heavy atom. The van der Waals surface area contributed by atoms with Gasteiger partial charge in [0.1, 0.15) is 0 Å². The van der Waals surface area contributed by atoms with Gasteiger partial charge < -0.3 is 10.2 Å². The van der Waals surface area contributed by atoms with Gasteiger partial charge in [0.05, 0.1) is 5.92 Å². The maximum absolute atomic E-state index is 12.5. The van der Waals surface area contributed by atoms with E-state index in [4.69, 9.17) is 0 Å². The van der Waals surface area contributed by atoms with Gasteiger partial charge in [0, 0.05) is 32.2 Å². The highest BCUT2D eigenvalue weighted by Crippen LogP contribution is 2.28. The van der Waals surface area contributed by atoms with Gasteiger partial charge in [-0.3, -0.25) is 0 Å². The standard InChI is InChI=1S/C16H27F3N2/c1-4-15(11-13(2)16(17,18)19)7-5-6-9-21-10-8-20-14(3)12-21/h5,7,11,13-14,20H,4,6,8-10,12H2,1-3H3/b7-5-,15-11-. The van der Waals surface area contributed by atoms with E-state index >= 15 is 0 Å². The normalized spacial score (nSPS) is 23.7. The van der Waals surface area contributed by atoms with E-state index in [0.29, 0.717) is 12.5 Å². The number of nitrogens with one attached hydrogen (secondary N) is 1. The Morgan fingerprint density at radius 2 is 2.14 bits per heavy atom. The zero-order valence-electron chi connectivity index (χ0n) is 13.2. The predicted molar refractivity (Wildman–Crippen MR) is 81.3 cm³/mol. The molecule has 2 atom stereocenters. The molecule has 1 saturated heterocycles. The highest BCUT2D eigenvalue weighted by atomic mass is 19.4. The van der Waals surface area contributed by atoms with E-state index in [2.05, 4.69) is 17.1 Å². The fourth-order valence-electron chi connectivity index (χ4n) is 2.41. The van der Waals surface area contributed by atoms with Crippen molar-refractivity contribution in [2.75, 3.05) is 26.2 Å². The van der Waals surface area contributed by atoms with E-state index in [1.165, 1.54) is 13.0 Å². The number of piperazine rings is 1. The molecular formula is C16H27F3N2. The minimum Gasteiger partial charge on any atom is -0.312 e. The van der Waals surface area contributed by atoms with Gasteiger partial charge >= 0.3 is 6.18 Å². The molecule has 1 aliphatic rings. The molecule has 1 N–H and O–H groups in total. The Hall–Kier alpha value is -0.810. The zero-order valence-corrected chi connectivity index (χ0v) is 13.2. The molecule has 0 saturated carbocycles. The van der Waals surface area contributed by atoms with E-state index in [1.54, 1.807) is 0 Å². The van der Waals surface area contributed by atoms with Crippen LogP contribution >= 0.6 is 0 Å². The summed E-state index contributed by atoms with van der Waals surface area (Å²) in [5, 5.41) is 3.39. The van der Waals surface area contributed by atoms with Crippen molar-refractivity contribution in [3.8, 4) is 0 Å². The Kier molecular flexibility index (Phi) is 7.46. The minimum atomic E-state index is -4.15. The van der Waals surface area contributed by atoms with Gasteiger partial charge in [-0.2, -0.15) is 13.2 Å². The van der Waals surface area contributed by atoms with Crippen molar-refractivity contribution >= 4 is 0 Å². The summed E-state index contributed by atoms with van der Waals surface area (Å²) in [6.45, 7) is 9.30. The number of hydrogen-bond donors (Lipinski definition) is 1. The van der Waals surface area contributed by atoms with Gasteiger partial charge in [-0.05, 0) is 19.8 Å². The number of hydrogen-bond acceptors (Lipinski definition) is 2. The second kappa shape index (κ2) is 8.59. The van der Waals surface area contributed by atoms with Crippen LogP contribution in [-0.4, -0.2) is 43.3 Å². The summed E-state index contributed by atoms with van der Waals surface area (Å²) in [5.74, 6) is -1.38. The number of nitrogens with zero attached hydrogens (tertiary/aromatic N) is 1. The molecule has 1 heterocycles. The fourth-order valence-corrected chi connectivity index (χ4v) is 2.41. The average molecular weight is 304 g/mol. The summed E-state index contributed by atoms with van der Waals surface area (Å²) in [7, 11) is 0. The third kappa shape index (κ3) is 7.14. The molecule has 0 amide bonds. The summed E-state index contributed by atoms with van der Waals surface area (Å²) in [6, 6.07) is 0.515. The van der Waals surface area contributed by atoms with Gasteiger partial charge in [0.2, 0.25) is 0 Å². The minimum absolute atomic E-state index is 0.515. The van der Waals surface area contributed by atoms with Crippen LogP contribution in [-0.2, 0) is 0 Å². The summed E-state index contributed by atoms with van der Waals surface area (Å²) < 4.78 is 37.6. The van der Waals surface area contributed by atoms with E-state index < -0.39 is 12.1 Å². The molecule has 0 aromatic carbocycles. The van der Waals surface area contributed by atoms with Crippen molar-refractivity contribution < 1.29 is 13.2 Å². The lowest BCUT2D eigenvalue weighted by molar-refractivity contribution is -0.156. The fraction of sp³-hybridized carbons (Fsp3) is 0.750. The van der Waals surface area contributed by atoms with Crippen molar-refractivity contribution in [3.05, 3.63) is 23.8 Å². The largest absolute Gasteiger partial charge is 0.394 e. The molecule has 0 aliphatic carbocycles. The van der Waals surface area contributed by atoms with Gasteiger partial charge in [0.15, 0.2) is 0 Å². The third-order valence-corrected chi connectivity index (χ3v) is 3.79. The SMILES string of the molecule is CCC(/C=C\CCN1CCNC(C)C1)=C/C(C)C(F)(F)F. The summed E-state index contributed by atoms with van der Waals surface area (Å²) in [6.07, 6.45) is 2.51. The summed E-state index contributed by atoms with van der Waals surface area (Å²) in [5.41, 5.74) is 0.758. The van der Waals surface area contributed by atoms with Crippen LogP contribution in [0.2, 0.25) is 0 Å². The lowest BCUT2D eigenvalue weighted by Crippen LogP contribution is -2.49. The molecule has 5 heteroatoms. The maximum atomic E-state index is 12.5. The van der Waals surface area contributed by atoms with Crippen molar-refractivity contribution in [3.63, 3.8) is 0 Å². The molecule has 2 nitrogen and oxygen atoms in total. The zero-order chi connectivity index (χ0) is 15.9. The number of allylic oxidation sites excluding steroid dienone is 3. The molecule has 21 heavy (non-hydrogen) atoms. The molecule has 0 aromatic rings. The topological polar surface area (TPSA) is 15.3 Å². The van der Waals surface area contributed by atoms with Crippen LogP contribution < -0.4 is 5.32 Å². The van der Waals surface area contributed by atoms with E-state index in [9.17, 15) is 13.2 Å². The van der Waals surface area contributed by atoms with Gasteiger partial charge in [-0.15, -0.1) is 0 Å². The van der Waals surface area contributed by atoms with Crippen LogP contribution in [0.15, 0.2) is 23.8 Å². The second-order valence-electron chi connectivity index (χ2n) is 5.77. The maximum Gasteiger partial charge on any atom is 0.394 e. The first-order valence-corrected chi connectivity index (χ1v) is 7.72. The Labute approximate surface area is 126 Å². The van der Waals surface area contributed by atoms with Crippen molar-refractivity contribution in [2.24, 2.45) is 5.92 Å². The smallest absolute Gasteiger partial charge is 0.312 e.